The molecule has 2 nitrogen and oxygen atoms in total. The zero-order chi connectivity index (χ0) is 19.9. The van der Waals surface area contributed by atoms with E-state index in [0.29, 0.717) is 0 Å². The van der Waals surface area contributed by atoms with E-state index in [1.54, 1.807) is 0 Å². The van der Waals surface area contributed by atoms with Gasteiger partial charge in [0.2, 0.25) is 0 Å². The molecule has 1 aromatic heterocycles. The average molecular weight is 384 g/mol. The maximum absolute atomic E-state index is 2.52. The molecule has 0 saturated heterocycles. The zero-order valence-electron chi connectivity index (χ0n) is 18.5. The summed E-state index contributed by atoms with van der Waals surface area (Å²) >= 11 is 0. The molecule has 0 aliphatic carbocycles. The van der Waals surface area contributed by atoms with Gasteiger partial charge in [0.15, 0.2) is 0 Å². The number of imidazole rings is 1. The Morgan fingerprint density at radius 2 is 1.32 bits per heavy atom. The van der Waals surface area contributed by atoms with Gasteiger partial charge in [-0.25, -0.2) is 9.13 Å². The van der Waals surface area contributed by atoms with Crippen molar-refractivity contribution < 1.29 is 4.57 Å². The van der Waals surface area contributed by atoms with Crippen LogP contribution in [-0.4, -0.2) is 4.57 Å². The molecule has 156 valence electrons. The number of aromatic nitrogens is 2. The average Bonchev–Trinajstić information content (AvgIpc) is 3.09. The summed E-state index contributed by atoms with van der Waals surface area (Å²) in [6.07, 6.45) is 22.1. The third-order valence-electron chi connectivity index (χ3n) is 5.80. The Labute approximate surface area is 174 Å². The van der Waals surface area contributed by atoms with Gasteiger partial charge in [-0.2, -0.15) is 0 Å². The van der Waals surface area contributed by atoms with Gasteiger partial charge in [-0.3, -0.25) is 0 Å². The third-order valence-corrected chi connectivity index (χ3v) is 5.80. The number of rotatable bonds is 16. The Kier molecular flexibility index (Phi) is 11.7. The van der Waals surface area contributed by atoms with Crippen molar-refractivity contribution in [1.29, 1.82) is 0 Å². The molecule has 1 heterocycles. The Balaban J connectivity index is 1.86. The smallest absolute Gasteiger partial charge is 0.234 e. The summed E-state index contributed by atoms with van der Waals surface area (Å²) in [5, 5.41) is 0. The molecule has 2 rings (SSSR count). The van der Waals surface area contributed by atoms with Gasteiger partial charge in [0, 0.05) is 0 Å². The molecule has 28 heavy (non-hydrogen) atoms. The van der Waals surface area contributed by atoms with Crippen LogP contribution in [0.15, 0.2) is 42.7 Å². The maximum Gasteiger partial charge on any atom is 0.260 e. The van der Waals surface area contributed by atoms with E-state index in [-0.39, 0.29) is 0 Å². The maximum atomic E-state index is 2.52. The quantitative estimate of drug-likeness (QED) is 0.216. The van der Waals surface area contributed by atoms with Crippen LogP contribution in [0.3, 0.4) is 0 Å². The highest BCUT2D eigenvalue weighted by Crippen LogP contribution is 2.12. The van der Waals surface area contributed by atoms with Gasteiger partial charge in [0.25, 0.3) is 5.82 Å². The third kappa shape index (κ3) is 8.63. The van der Waals surface area contributed by atoms with E-state index in [2.05, 4.69) is 65.7 Å². The summed E-state index contributed by atoms with van der Waals surface area (Å²) in [5.41, 5.74) is 1.42. The Hall–Kier alpha value is -1.57. The Morgan fingerprint density at radius 1 is 0.714 bits per heavy atom. The topological polar surface area (TPSA) is 8.81 Å². The lowest BCUT2D eigenvalue weighted by Crippen LogP contribution is -2.37. The van der Waals surface area contributed by atoms with Crippen molar-refractivity contribution in [2.45, 2.75) is 110 Å². The molecule has 0 atom stereocenters. The highest BCUT2D eigenvalue weighted by Gasteiger charge is 2.17. The van der Waals surface area contributed by atoms with Crippen LogP contribution in [0.25, 0.3) is 0 Å². The van der Waals surface area contributed by atoms with Crippen LogP contribution >= 0.6 is 0 Å². The molecule has 0 amide bonds. The predicted molar refractivity (Wildman–Crippen MR) is 121 cm³/mol. The Bertz CT molecular complexity index is 615. The SMILES string of the molecule is CCCCCCCCCCn1cc[n+](CCCCCC)c1Cc1ccccc1. The summed E-state index contributed by atoms with van der Waals surface area (Å²) in [7, 11) is 0. The van der Waals surface area contributed by atoms with Crippen molar-refractivity contribution in [2.75, 3.05) is 0 Å². The molecule has 0 aliphatic rings. The van der Waals surface area contributed by atoms with Crippen LogP contribution in [0.4, 0.5) is 0 Å². The van der Waals surface area contributed by atoms with E-state index in [0.717, 1.165) is 13.0 Å². The minimum absolute atomic E-state index is 1.04. The largest absolute Gasteiger partial charge is 0.260 e. The molecule has 0 fully saturated rings. The second kappa shape index (κ2) is 14.4. The van der Waals surface area contributed by atoms with Gasteiger partial charge in [-0.1, -0.05) is 95.5 Å². The molecule has 0 N–H and O–H groups in total. The molecule has 0 aliphatic heterocycles. The molecule has 0 radical (unpaired) electrons. The lowest BCUT2D eigenvalue weighted by molar-refractivity contribution is -0.703. The van der Waals surface area contributed by atoms with Crippen molar-refractivity contribution in [2.24, 2.45) is 0 Å². The van der Waals surface area contributed by atoms with Crippen LogP contribution in [0.5, 0.6) is 0 Å². The van der Waals surface area contributed by atoms with Gasteiger partial charge in [-0.05, 0) is 31.2 Å². The molecule has 0 unspecified atom stereocenters. The monoisotopic (exact) mass is 383 g/mol. The summed E-state index contributed by atoms with van der Waals surface area (Å²) in [4.78, 5) is 0. The summed E-state index contributed by atoms with van der Waals surface area (Å²) < 4.78 is 5.03. The number of aryl methyl sites for hydroxylation is 2. The standard InChI is InChI=1S/C26H43N2/c1-3-5-7-9-10-11-12-17-21-28-23-22-27(20-16-8-6-4-2)26(28)24-25-18-14-13-15-19-25/h13-15,18-19,22-23H,3-12,16-17,20-21,24H2,1-2H3/q+1. The van der Waals surface area contributed by atoms with Crippen LogP contribution in [0.1, 0.15) is 102 Å². The second-order valence-corrected chi connectivity index (χ2v) is 8.30. The predicted octanol–water partition coefficient (Wildman–Crippen LogP) is 7.09. The number of benzene rings is 1. The Morgan fingerprint density at radius 3 is 2.00 bits per heavy atom. The summed E-state index contributed by atoms with van der Waals surface area (Å²) in [6, 6.07) is 10.9. The minimum Gasteiger partial charge on any atom is -0.234 e. The van der Waals surface area contributed by atoms with Gasteiger partial charge < -0.3 is 0 Å². The van der Waals surface area contributed by atoms with E-state index in [9.17, 15) is 0 Å². The second-order valence-electron chi connectivity index (χ2n) is 8.30. The number of unbranched alkanes of at least 4 members (excludes halogenated alkanes) is 10. The summed E-state index contributed by atoms with van der Waals surface area (Å²) in [5.74, 6) is 1.48. The van der Waals surface area contributed by atoms with Crippen LogP contribution in [-0.2, 0) is 19.5 Å². The first-order valence-corrected chi connectivity index (χ1v) is 12.0. The molecule has 0 saturated carbocycles. The van der Waals surface area contributed by atoms with Crippen molar-refractivity contribution in [3.05, 3.63) is 54.1 Å². The van der Waals surface area contributed by atoms with E-state index >= 15 is 0 Å². The lowest BCUT2D eigenvalue weighted by Gasteiger charge is -2.07. The van der Waals surface area contributed by atoms with Crippen molar-refractivity contribution in [1.82, 2.24) is 4.57 Å². The van der Waals surface area contributed by atoms with Gasteiger partial charge in [-0.15, -0.1) is 0 Å². The molecule has 2 heteroatoms. The molecular weight excluding hydrogens is 340 g/mol. The zero-order valence-corrected chi connectivity index (χ0v) is 18.5. The van der Waals surface area contributed by atoms with E-state index < -0.39 is 0 Å². The van der Waals surface area contributed by atoms with Crippen LogP contribution < -0.4 is 4.57 Å². The van der Waals surface area contributed by atoms with Gasteiger partial charge in [0.05, 0.1) is 19.5 Å². The highest BCUT2D eigenvalue weighted by atomic mass is 15.1. The lowest BCUT2D eigenvalue weighted by atomic mass is 10.1. The first kappa shape index (κ1) is 22.7. The summed E-state index contributed by atoms with van der Waals surface area (Å²) in [6.45, 7) is 6.90. The van der Waals surface area contributed by atoms with Crippen molar-refractivity contribution in [3.63, 3.8) is 0 Å². The highest BCUT2D eigenvalue weighted by molar-refractivity contribution is 5.18. The molecular formula is C26H43N2+. The molecule has 1 aromatic carbocycles. The fourth-order valence-corrected chi connectivity index (χ4v) is 4.01. The number of nitrogens with zero attached hydrogens (tertiary/aromatic N) is 2. The molecule has 2 aromatic rings. The minimum atomic E-state index is 1.04. The van der Waals surface area contributed by atoms with Crippen LogP contribution in [0.2, 0.25) is 0 Å². The van der Waals surface area contributed by atoms with E-state index in [1.165, 1.54) is 95.0 Å². The van der Waals surface area contributed by atoms with Gasteiger partial charge >= 0.3 is 0 Å². The van der Waals surface area contributed by atoms with Crippen molar-refractivity contribution >= 4 is 0 Å². The van der Waals surface area contributed by atoms with Gasteiger partial charge in [0.1, 0.15) is 12.4 Å². The molecule has 0 spiro atoms. The number of hydrogen-bond donors (Lipinski definition) is 0. The number of hydrogen-bond acceptors (Lipinski definition) is 0. The fraction of sp³-hybridized carbons (Fsp3) is 0.654. The van der Waals surface area contributed by atoms with E-state index in [4.69, 9.17) is 0 Å². The van der Waals surface area contributed by atoms with Crippen LogP contribution in [0, 0.1) is 0 Å². The first-order valence-electron chi connectivity index (χ1n) is 12.0. The van der Waals surface area contributed by atoms with E-state index in [1.807, 2.05) is 0 Å². The van der Waals surface area contributed by atoms with Crippen molar-refractivity contribution in [3.8, 4) is 0 Å². The first-order chi connectivity index (χ1) is 13.8. The molecule has 0 bridgehead atoms. The normalized spacial score (nSPS) is 11.2. The fourth-order valence-electron chi connectivity index (χ4n) is 4.01.